The van der Waals surface area contributed by atoms with Crippen molar-refractivity contribution in [1.82, 2.24) is 10.6 Å². The summed E-state index contributed by atoms with van der Waals surface area (Å²) in [6.45, 7) is 3.77. The minimum absolute atomic E-state index is 0.0270. The zero-order chi connectivity index (χ0) is 17.1. The molecule has 1 aromatic heterocycles. The number of benzene rings is 1. The van der Waals surface area contributed by atoms with Gasteiger partial charge in [0.25, 0.3) is 5.91 Å². The molecule has 1 aliphatic rings. The van der Waals surface area contributed by atoms with Crippen molar-refractivity contribution in [3.63, 3.8) is 0 Å². The Bertz CT molecular complexity index is 705. The Morgan fingerprint density at radius 1 is 1.12 bits per heavy atom. The van der Waals surface area contributed by atoms with Crippen LogP contribution in [0.15, 0.2) is 41.8 Å². The first kappa shape index (κ1) is 16.7. The molecule has 1 heterocycles. The van der Waals surface area contributed by atoms with Crippen LogP contribution in [0.25, 0.3) is 0 Å². The lowest BCUT2D eigenvalue weighted by Gasteiger charge is -2.22. The first-order valence-electron chi connectivity index (χ1n) is 8.26. The standard InChI is InChI=1S/C19H22N2O2S/c1-12-5-7-14(8-6-12)17(15-9-10-15)21-18(22)13(2)20-19(23)16-4-3-11-24-16/h3-8,11,13,15,17H,9-10H2,1-2H3,(H,20,23)(H,21,22). The van der Waals surface area contributed by atoms with Crippen LogP contribution < -0.4 is 10.6 Å². The summed E-state index contributed by atoms with van der Waals surface area (Å²) in [4.78, 5) is 25.2. The van der Waals surface area contributed by atoms with Gasteiger partial charge in [0.2, 0.25) is 5.91 Å². The molecule has 126 valence electrons. The van der Waals surface area contributed by atoms with E-state index in [0.717, 1.165) is 18.4 Å². The Hall–Kier alpha value is -2.14. The SMILES string of the molecule is Cc1ccc(C(NC(=O)C(C)NC(=O)c2cccs2)C2CC2)cc1. The molecule has 0 spiro atoms. The minimum atomic E-state index is -0.564. The monoisotopic (exact) mass is 342 g/mol. The van der Waals surface area contributed by atoms with E-state index in [9.17, 15) is 9.59 Å². The molecule has 2 atom stereocenters. The Morgan fingerprint density at radius 3 is 2.42 bits per heavy atom. The number of rotatable bonds is 6. The van der Waals surface area contributed by atoms with Crippen LogP contribution in [0.3, 0.4) is 0 Å². The number of carbonyl (C=O) groups excluding carboxylic acids is 2. The third-order valence-corrected chi connectivity index (χ3v) is 5.18. The summed E-state index contributed by atoms with van der Waals surface area (Å²) in [5.41, 5.74) is 2.34. The molecule has 2 N–H and O–H groups in total. The summed E-state index contributed by atoms with van der Waals surface area (Å²) in [6, 6.07) is 11.3. The average Bonchev–Trinajstić information content (AvgIpc) is 3.26. The third-order valence-electron chi connectivity index (χ3n) is 4.31. The number of aryl methyl sites for hydroxylation is 1. The van der Waals surface area contributed by atoms with Crippen LogP contribution in [0.2, 0.25) is 0 Å². The Labute approximate surface area is 146 Å². The molecular formula is C19H22N2O2S. The topological polar surface area (TPSA) is 58.2 Å². The fourth-order valence-corrected chi connectivity index (χ4v) is 3.32. The lowest BCUT2D eigenvalue weighted by molar-refractivity contribution is -0.123. The van der Waals surface area contributed by atoms with Gasteiger partial charge in [-0.15, -0.1) is 11.3 Å². The molecule has 0 saturated heterocycles. The summed E-state index contributed by atoms with van der Waals surface area (Å²) in [6.07, 6.45) is 2.27. The van der Waals surface area contributed by atoms with Crippen molar-refractivity contribution >= 4 is 23.2 Å². The van der Waals surface area contributed by atoms with Crippen LogP contribution in [0.1, 0.15) is 46.6 Å². The summed E-state index contributed by atoms with van der Waals surface area (Å²) < 4.78 is 0. The zero-order valence-electron chi connectivity index (χ0n) is 13.9. The molecule has 2 aromatic rings. The van der Waals surface area contributed by atoms with Crippen LogP contribution in [-0.2, 0) is 4.79 Å². The van der Waals surface area contributed by atoms with Crippen LogP contribution in [0, 0.1) is 12.8 Å². The van der Waals surface area contributed by atoms with Crippen molar-refractivity contribution in [3.8, 4) is 0 Å². The van der Waals surface area contributed by atoms with Crippen molar-refractivity contribution in [2.45, 2.75) is 38.8 Å². The van der Waals surface area contributed by atoms with E-state index in [1.165, 1.54) is 16.9 Å². The van der Waals surface area contributed by atoms with Gasteiger partial charge in [-0.05, 0) is 49.6 Å². The zero-order valence-corrected chi connectivity index (χ0v) is 14.7. The number of carbonyl (C=O) groups is 2. The highest BCUT2D eigenvalue weighted by Gasteiger charge is 2.34. The van der Waals surface area contributed by atoms with E-state index in [1.54, 1.807) is 13.0 Å². The number of hydrogen-bond donors (Lipinski definition) is 2. The molecule has 1 aromatic carbocycles. The van der Waals surface area contributed by atoms with E-state index in [-0.39, 0.29) is 17.9 Å². The number of thiophene rings is 1. The second-order valence-electron chi connectivity index (χ2n) is 6.41. The third kappa shape index (κ3) is 4.03. The van der Waals surface area contributed by atoms with Gasteiger partial charge in [0.15, 0.2) is 0 Å². The van der Waals surface area contributed by atoms with E-state index in [4.69, 9.17) is 0 Å². The van der Waals surface area contributed by atoms with Gasteiger partial charge in [-0.1, -0.05) is 35.9 Å². The molecule has 1 fully saturated rings. The molecule has 2 amide bonds. The van der Waals surface area contributed by atoms with E-state index in [2.05, 4.69) is 41.8 Å². The maximum absolute atomic E-state index is 12.5. The van der Waals surface area contributed by atoms with E-state index < -0.39 is 6.04 Å². The van der Waals surface area contributed by atoms with Crippen LogP contribution in [0.4, 0.5) is 0 Å². The maximum Gasteiger partial charge on any atom is 0.261 e. The number of amides is 2. The first-order chi connectivity index (χ1) is 11.5. The Kier molecular flexibility index (Phi) is 5.00. The van der Waals surface area contributed by atoms with Crippen molar-refractivity contribution in [2.75, 3.05) is 0 Å². The second kappa shape index (κ2) is 7.18. The van der Waals surface area contributed by atoms with Gasteiger partial charge in [-0.3, -0.25) is 9.59 Å². The molecule has 0 radical (unpaired) electrons. The van der Waals surface area contributed by atoms with Gasteiger partial charge in [0.1, 0.15) is 6.04 Å². The highest BCUT2D eigenvalue weighted by Crippen LogP contribution is 2.41. The summed E-state index contributed by atoms with van der Waals surface area (Å²) in [5, 5.41) is 7.73. The predicted molar refractivity (Wildman–Crippen MR) is 96.0 cm³/mol. The van der Waals surface area contributed by atoms with Gasteiger partial charge < -0.3 is 10.6 Å². The van der Waals surface area contributed by atoms with E-state index >= 15 is 0 Å². The molecule has 1 saturated carbocycles. The van der Waals surface area contributed by atoms with Crippen molar-refractivity contribution < 1.29 is 9.59 Å². The highest BCUT2D eigenvalue weighted by molar-refractivity contribution is 7.12. The minimum Gasteiger partial charge on any atom is -0.347 e. The molecule has 2 unspecified atom stereocenters. The van der Waals surface area contributed by atoms with Gasteiger partial charge >= 0.3 is 0 Å². The fraction of sp³-hybridized carbons (Fsp3) is 0.368. The largest absolute Gasteiger partial charge is 0.347 e. The lowest BCUT2D eigenvalue weighted by Crippen LogP contribution is -2.46. The van der Waals surface area contributed by atoms with E-state index in [1.807, 2.05) is 11.4 Å². The van der Waals surface area contributed by atoms with Gasteiger partial charge in [0, 0.05) is 0 Å². The van der Waals surface area contributed by atoms with Crippen molar-refractivity contribution in [1.29, 1.82) is 0 Å². The fourth-order valence-electron chi connectivity index (χ4n) is 2.70. The van der Waals surface area contributed by atoms with E-state index in [0.29, 0.717) is 10.8 Å². The summed E-state index contributed by atoms with van der Waals surface area (Å²) in [5.74, 6) is 0.153. The number of hydrogen-bond acceptors (Lipinski definition) is 3. The molecule has 24 heavy (non-hydrogen) atoms. The molecule has 3 rings (SSSR count). The summed E-state index contributed by atoms with van der Waals surface area (Å²) >= 11 is 1.37. The van der Waals surface area contributed by atoms with Gasteiger partial charge in [0.05, 0.1) is 10.9 Å². The Morgan fingerprint density at radius 2 is 1.83 bits per heavy atom. The van der Waals surface area contributed by atoms with Crippen molar-refractivity contribution in [3.05, 3.63) is 57.8 Å². The van der Waals surface area contributed by atoms with Crippen LogP contribution >= 0.6 is 11.3 Å². The van der Waals surface area contributed by atoms with Crippen LogP contribution in [0.5, 0.6) is 0 Å². The second-order valence-corrected chi connectivity index (χ2v) is 7.35. The molecule has 0 aliphatic heterocycles. The van der Waals surface area contributed by atoms with Crippen LogP contribution in [-0.4, -0.2) is 17.9 Å². The molecule has 0 bridgehead atoms. The quantitative estimate of drug-likeness (QED) is 0.845. The predicted octanol–water partition coefficient (Wildman–Crippen LogP) is 3.44. The van der Waals surface area contributed by atoms with Gasteiger partial charge in [-0.2, -0.15) is 0 Å². The summed E-state index contributed by atoms with van der Waals surface area (Å²) in [7, 11) is 0. The molecule has 1 aliphatic carbocycles. The first-order valence-corrected chi connectivity index (χ1v) is 9.14. The molecule has 4 nitrogen and oxygen atoms in total. The van der Waals surface area contributed by atoms with Crippen molar-refractivity contribution in [2.24, 2.45) is 5.92 Å². The molecular weight excluding hydrogens is 320 g/mol. The lowest BCUT2D eigenvalue weighted by atomic mass is 10.0. The smallest absolute Gasteiger partial charge is 0.261 e. The maximum atomic E-state index is 12.5. The Balaban J connectivity index is 1.63. The average molecular weight is 342 g/mol. The number of nitrogens with one attached hydrogen (secondary N) is 2. The highest BCUT2D eigenvalue weighted by atomic mass is 32.1. The molecule has 5 heteroatoms. The van der Waals surface area contributed by atoms with Gasteiger partial charge in [-0.25, -0.2) is 0 Å². The normalized spacial score (nSPS) is 16.2.